The lowest BCUT2D eigenvalue weighted by atomic mass is 9.78. The van der Waals surface area contributed by atoms with Gasteiger partial charge < -0.3 is 10.6 Å². The molecule has 2 unspecified atom stereocenters. The van der Waals surface area contributed by atoms with Crippen molar-refractivity contribution in [3.05, 3.63) is 0 Å². The third-order valence-corrected chi connectivity index (χ3v) is 4.20. The van der Waals surface area contributed by atoms with Gasteiger partial charge >= 0.3 is 0 Å². The molecule has 0 aliphatic heterocycles. The molecular weight excluding hydrogens is 184 g/mol. The molecule has 0 heterocycles. The maximum Gasteiger partial charge on any atom is 0.0136 e. The first kappa shape index (κ1) is 13.0. The van der Waals surface area contributed by atoms with Gasteiger partial charge in [0.25, 0.3) is 0 Å². The van der Waals surface area contributed by atoms with Crippen molar-refractivity contribution in [3.8, 4) is 0 Å². The summed E-state index contributed by atoms with van der Waals surface area (Å²) in [5.41, 5.74) is 5.79. The molecule has 2 heteroatoms. The van der Waals surface area contributed by atoms with Crippen molar-refractivity contribution in [2.75, 3.05) is 19.6 Å². The lowest BCUT2D eigenvalue weighted by Crippen LogP contribution is -2.51. The Balaban J connectivity index is 2.41. The van der Waals surface area contributed by atoms with E-state index in [-0.39, 0.29) is 0 Å². The maximum absolute atomic E-state index is 5.79. The quantitative estimate of drug-likeness (QED) is 0.702. The van der Waals surface area contributed by atoms with E-state index in [0.29, 0.717) is 0 Å². The van der Waals surface area contributed by atoms with Gasteiger partial charge in [0, 0.05) is 12.6 Å². The molecule has 0 bridgehead atoms. The van der Waals surface area contributed by atoms with Crippen LogP contribution in [-0.2, 0) is 0 Å². The van der Waals surface area contributed by atoms with Gasteiger partial charge in [0.2, 0.25) is 0 Å². The van der Waals surface area contributed by atoms with Crippen molar-refractivity contribution in [2.24, 2.45) is 17.6 Å². The second-order valence-corrected chi connectivity index (χ2v) is 4.91. The van der Waals surface area contributed by atoms with Crippen LogP contribution in [0.5, 0.6) is 0 Å². The van der Waals surface area contributed by atoms with Crippen LogP contribution in [0, 0.1) is 11.8 Å². The van der Waals surface area contributed by atoms with E-state index in [1.54, 1.807) is 0 Å². The van der Waals surface area contributed by atoms with Crippen LogP contribution in [-0.4, -0.2) is 30.6 Å². The lowest BCUT2D eigenvalue weighted by Gasteiger charge is -2.44. The fourth-order valence-corrected chi connectivity index (χ4v) is 2.68. The summed E-state index contributed by atoms with van der Waals surface area (Å²) in [6, 6.07) is 0.792. The molecule has 0 saturated heterocycles. The molecule has 15 heavy (non-hydrogen) atoms. The van der Waals surface area contributed by atoms with Crippen molar-refractivity contribution < 1.29 is 0 Å². The zero-order chi connectivity index (χ0) is 11.3. The third kappa shape index (κ3) is 3.18. The van der Waals surface area contributed by atoms with Gasteiger partial charge in [-0.3, -0.25) is 0 Å². The lowest BCUT2D eigenvalue weighted by molar-refractivity contribution is 0.0564. The molecule has 1 aliphatic rings. The van der Waals surface area contributed by atoms with Crippen LogP contribution in [0.25, 0.3) is 0 Å². The Bertz CT molecular complexity index is 164. The van der Waals surface area contributed by atoms with Gasteiger partial charge in [0.1, 0.15) is 0 Å². The monoisotopic (exact) mass is 212 g/mol. The maximum atomic E-state index is 5.79. The Labute approximate surface area is 95.2 Å². The highest BCUT2D eigenvalue weighted by Gasteiger charge is 2.34. The third-order valence-electron chi connectivity index (χ3n) is 4.20. The average Bonchev–Trinajstić information content (AvgIpc) is 2.23. The summed E-state index contributed by atoms with van der Waals surface area (Å²) in [6.07, 6.45) is 5.34. The molecule has 0 amide bonds. The number of hydrogen-bond donors (Lipinski definition) is 1. The molecule has 90 valence electrons. The predicted octanol–water partition coefficient (Wildman–Crippen LogP) is 2.48. The highest BCUT2D eigenvalue weighted by Crippen LogP contribution is 2.32. The molecule has 2 nitrogen and oxygen atoms in total. The first-order valence-electron chi connectivity index (χ1n) is 6.70. The minimum Gasteiger partial charge on any atom is -0.330 e. The molecule has 1 aliphatic carbocycles. The largest absolute Gasteiger partial charge is 0.330 e. The fourth-order valence-electron chi connectivity index (χ4n) is 2.68. The molecule has 2 N–H and O–H groups in total. The zero-order valence-corrected chi connectivity index (χ0v) is 10.7. The molecular formula is C13H28N2. The van der Waals surface area contributed by atoms with Crippen LogP contribution in [0.1, 0.15) is 46.5 Å². The summed E-state index contributed by atoms with van der Waals surface area (Å²) in [6.45, 7) is 10.3. The van der Waals surface area contributed by atoms with Gasteiger partial charge in [-0.2, -0.15) is 0 Å². The summed E-state index contributed by atoms with van der Waals surface area (Å²) in [7, 11) is 0. The van der Waals surface area contributed by atoms with E-state index in [9.17, 15) is 0 Å². The highest BCUT2D eigenvalue weighted by atomic mass is 15.2. The molecule has 1 saturated carbocycles. The van der Waals surface area contributed by atoms with Crippen LogP contribution in [0.4, 0.5) is 0 Å². The Morgan fingerprint density at radius 2 is 1.87 bits per heavy atom. The molecule has 2 atom stereocenters. The average molecular weight is 212 g/mol. The molecule has 0 aromatic carbocycles. The van der Waals surface area contributed by atoms with E-state index in [4.69, 9.17) is 5.73 Å². The first-order chi connectivity index (χ1) is 7.26. The summed E-state index contributed by atoms with van der Waals surface area (Å²) in [4.78, 5) is 2.67. The Kier molecular flexibility index (Phi) is 5.62. The minimum absolute atomic E-state index is 0.777. The predicted molar refractivity (Wildman–Crippen MR) is 66.9 cm³/mol. The van der Waals surface area contributed by atoms with Gasteiger partial charge in [0.15, 0.2) is 0 Å². The minimum atomic E-state index is 0.777. The Morgan fingerprint density at radius 3 is 2.20 bits per heavy atom. The topological polar surface area (TPSA) is 29.3 Å². The van der Waals surface area contributed by atoms with Gasteiger partial charge in [-0.1, -0.05) is 33.6 Å². The van der Waals surface area contributed by atoms with E-state index in [0.717, 1.165) is 24.4 Å². The summed E-state index contributed by atoms with van der Waals surface area (Å²) >= 11 is 0. The van der Waals surface area contributed by atoms with Crippen LogP contribution < -0.4 is 5.73 Å². The van der Waals surface area contributed by atoms with E-state index >= 15 is 0 Å². The van der Waals surface area contributed by atoms with E-state index in [1.807, 2.05) is 0 Å². The molecule has 0 aromatic heterocycles. The van der Waals surface area contributed by atoms with Gasteiger partial charge in [-0.15, -0.1) is 0 Å². The second-order valence-electron chi connectivity index (χ2n) is 4.91. The van der Waals surface area contributed by atoms with E-state index in [1.165, 1.54) is 38.8 Å². The Morgan fingerprint density at radius 1 is 1.20 bits per heavy atom. The van der Waals surface area contributed by atoms with Crippen LogP contribution in [0.2, 0.25) is 0 Å². The van der Waals surface area contributed by atoms with E-state index < -0.39 is 0 Å². The van der Waals surface area contributed by atoms with Gasteiger partial charge in [-0.05, 0) is 37.8 Å². The normalized spacial score (nSPS) is 26.0. The first-order valence-corrected chi connectivity index (χ1v) is 6.70. The molecule has 0 aromatic rings. The smallest absolute Gasteiger partial charge is 0.0136 e. The molecule has 0 radical (unpaired) electrons. The zero-order valence-electron chi connectivity index (χ0n) is 10.7. The summed E-state index contributed by atoms with van der Waals surface area (Å²) < 4.78 is 0. The van der Waals surface area contributed by atoms with Crippen molar-refractivity contribution in [1.29, 1.82) is 0 Å². The van der Waals surface area contributed by atoms with Gasteiger partial charge in [-0.25, -0.2) is 0 Å². The molecule has 0 spiro atoms. The number of nitrogens with zero attached hydrogens (tertiary/aromatic N) is 1. The van der Waals surface area contributed by atoms with Gasteiger partial charge in [0.05, 0.1) is 0 Å². The van der Waals surface area contributed by atoms with Crippen molar-refractivity contribution in [3.63, 3.8) is 0 Å². The number of hydrogen-bond acceptors (Lipinski definition) is 2. The van der Waals surface area contributed by atoms with Crippen LogP contribution >= 0.6 is 0 Å². The van der Waals surface area contributed by atoms with Crippen LogP contribution in [0.3, 0.4) is 0 Å². The number of nitrogens with two attached hydrogens (primary N) is 1. The summed E-state index contributed by atoms with van der Waals surface area (Å²) in [5.74, 6) is 1.66. The molecule has 1 rings (SSSR count). The molecule has 1 fully saturated rings. The van der Waals surface area contributed by atoms with Crippen molar-refractivity contribution in [1.82, 2.24) is 4.90 Å². The Hall–Kier alpha value is -0.0800. The van der Waals surface area contributed by atoms with Crippen LogP contribution in [0.15, 0.2) is 0 Å². The fraction of sp³-hybridized carbons (Fsp3) is 1.00. The standard InChI is InChI=1S/C13H28N2/c1-4-11(5-2)10-15(6-3)13-8-7-12(13)9-14/h11-13H,4-10,14H2,1-3H3. The van der Waals surface area contributed by atoms with Crippen molar-refractivity contribution in [2.45, 2.75) is 52.5 Å². The summed E-state index contributed by atoms with van der Waals surface area (Å²) in [5, 5.41) is 0. The van der Waals surface area contributed by atoms with Crippen molar-refractivity contribution >= 4 is 0 Å². The SMILES string of the molecule is CCC(CC)CN(CC)C1CCC1CN. The second kappa shape index (κ2) is 6.49. The van der Waals surface area contributed by atoms with E-state index in [2.05, 4.69) is 25.7 Å². The highest BCUT2D eigenvalue weighted by molar-refractivity contribution is 4.89. The number of rotatable bonds is 7.